The number of carbonyl (C=O) groups is 1. The molecule has 4 rings (SSSR count). The summed E-state index contributed by atoms with van der Waals surface area (Å²) >= 11 is 0. The Kier molecular flexibility index (Phi) is 5.78. The Bertz CT molecular complexity index is 748. The van der Waals surface area contributed by atoms with Crippen LogP contribution in [0.2, 0.25) is 0 Å². The molecule has 154 valence electrons. The number of amides is 1. The molecule has 1 aromatic rings. The van der Waals surface area contributed by atoms with E-state index in [-0.39, 0.29) is 5.91 Å². The van der Waals surface area contributed by atoms with E-state index in [2.05, 4.69) is 0 Å². The van der Waals surface area contributed by atoms with E-state index < -0.39 is 10.8 Å². The molecule has 2 saturated heterocycles. The van der Waals surface area contributed by atoms with Crippen molar-refractivity contribution in [3.63, 3.8) is 0 Å². The van der Waals surface area contributed by atoms with Gasteiger partial charge in [0.05, 0.1) is 4.90 Å². The first kappa shape index (κ1) is 19.9. The quantitative estimate of drug-likeness (QED) is 0.646. The smallest absolute Gasteiger partial charge is 0.253 e. The van der Waals surface area contributed by atoms with Crippen molar-refractivity contribution in [1.82, 2.24) is 9.21 Å². The van der Waals surface area contributed by atoms with Gasteiger partial charge < -0.3 is 10.3 Å². The number of likely N-dealkylation sites (tertiary alicyclic amines) is 1. The Morgan fingerprint density at radius 3 is 2.46 bits per heavy atom. The number of hydrogen-bond donors (Lipinski definition) is 3. The van der Waals surface area contributed by atoms with Crippen LogP contribution < -0.4 is 0 Å². The fraction of sp³-hybridized carbons (Fsp3) is 0.619. The third-order valence-electron chi connectivity index (χ3n) is 6.71. The molecule has 0 bridgehead atoms. The molecule has 0 radical (unpaired) electrons. The first-order valence-corrected chi connectivity index (χ1v) is 12.0. The van der Waals surface area contributed by atoms with Crippen LogP contribution >= 0.6 is 10.8 Å². The highest BCUT2D eigenvalue weighted by atomic mass is 32.3. The van der Waals surface area contributed by atoms with Crippen LogP contribution in [0, 0.1) is 17.2 Å². The summed E-state index contributed by atoms with van der Waals surface area (Å²) in [6, 6.07) is 5.01. The van der Waals surface area contributed by atoms with Crippen molar-refractivity contribution in [2.45, 2.75) is 49.8 Å². The third-order valence-corrected chi connectivity index (χ3v) is 8.74. The highest BCUT2D eigenvalue weighted by molar-refractivity contribution is 8.22. The van der Waals surface area contributed by atoms with Crippen LogP contribution in [-0.4, -0.2) is 56.6 Å². The van der Waals surface area contributed by atoms with Gasteiger partial charge in [-0.25, -0.2) is 4.31 Å². The molecule has 3 aliphatic rings. The van der Waals surface area contributed by atoms with Crippen molar-refractivity contribution < 1.29 is 13.9 Å². The van der Waals surface area contributed by atoms with Gasteiger partial charge in [0, 0.05) is 43.5 Å². The highest BCUT2D eigenvalue weighted by Gasteiger charge is 2.34. The number of rotatable bonds is 4. The zero-order chi connectivity index (χ0) is 19.7. The molecule has 0 aromatic heterocycles. The maximum absolute atomic E-state index is 13.2. The number of benzene rings is 1. The van der Waals surface area contributed by atoms with E-state index in [4.69, 9.17) is 5.41 Å². The predicted molar refractivity (Wildman–Crippen MR) is 112 cm³/mol. The summed E-state index contributed by atoms with van der Waals surface area (Å²) < 4.78 is 23.5. The molecule has 7 heteroatoms. The molecule has 0 spiro atoms. The van der Waals surface area contributed by atoms with E-state index in [0.717, 1.165) is 44.5 Å². The summed E-state index contributed by atoms with van der Waals surface area (Å²) in [7, 11) is -3.18. The monoisotopic (exact) mass is 405 g/mol. The summed E-state index contributed by atoms with van der Waals surface area (Å²) in [5.41, 5.74) is 0.962. The SMILES string of the molecule is N=Cc1ccc(C(=O)N2CCC3CCCC[C@@H]3C2)cc1S(O)(O)N1CCCC1. The van der Waals surface area contributed by atoms with Gasteiger partial charge in [-0.1, -0.05) is 25.3 Å². The van der Waals surface area contributed by atoms with E-state index in [1.54, 1.807) is 22.5 Å². The topological polar surface area (TPSA) is 87.9 Å². The molecule has 28 heavy (non-hydrogen) atoms. The second-order valence-corrected chi connectivity index (χ2v) is 10.4. The Labute approximate surface area is 168 Å². The van der Waals surface area contributed by atoms with E-state index in [1.165, 1.54) is 25.7 Å². The fourth-order valence-electron chi connectivity index (χ4n) is 5.07. The number of carbonyl (C=O) groups excluding carboxylic acids is 1. The van der Waals surface area contributed by atoms with Gasteiger partial charge in [-0.15, -0.1) is 10.8 Å². The van der Waals surface area contributed by atoms with E-state index >= 15 is 0 Å². The van der Waals surface area contributed by atoms with Gasteiger partial charge in [0.25, 0.3) is 5.91 Å². The molecule has 2 atom stereocenters. The minimum atomic E-state index is -3.18. The summed E-state index contributed by atoms with van der Waals surface area (Å²) in [5, 5.41) is 7.66. The Morgan fingerprint density at radius 2 is 1.75 bits per heavy atom. The number of nitrogens with one attached hydrogen (secondary N) is 1. The molecule has 1 aliphatic carbocycles. The van der Waals surface area contributed by atoms with Gasteiger partial charge >= 0.3 is 0 Å². The lowest BCUT2D eigenvalue weighted by Crippen LogP contribution is -2.44. The average molecular weight is 406 g/mol. The summed E-state index contributed by atoms with van der Waals surface area (Å²) in [6.45, 7) is 2.86. The predicted octanol–water partition coefficient (Wildman–Crippen LogP) is 4.46. The molecular weight excluding hydrogens is 374 g/mol. The normalized spacial score (nSPS) is 26.7. The van der Waals surface area contributed by atoms with Crippen LogP contribution in [0.4, 0.5) is 0 Å². The van der Waals surface area contributed by atoms with Crippen molar-refractivity contribution in [2.75, 3.05) is 26.2 Å². The van der Waals surface area contributed by atoms with Crippen molar-refractivity contribution in [1.29, 1.82) is 5.41 Å². The average Bonchev–Trinajstić information content (AvgIpc) is 3.28. The molecule has 2 heterocycles. The van der Waals surface area contributed by atoms with Gasteiger partial charge in [0.2, 0.25) is 0 Å². The highest BCUT2D eigenvalue weighted by Crippen LogP contribution is 2.54. The standard InChI is InChI=1S/C21H31N3O3S/c22-14-18-8-7-17(13-20(18)28(26,27)24-10-3-4-11-24)21(25)23-12-9-16-5-1-2-6-19(16)15-23/h7-8,13-14,16,19,22,26-27H,1-6,9-12,15H2/t16?,19-/m1/s1. The molecule has 3 fully saturated rings. The van der Waals surface area contributed by atoms with Gasteiger partial charge in [-0.05, 0) is 49.7 Å². The van der Waals surface area contributed by atoms with Gasteiger partial charge in [0.15, 0.2) is 0 Å². The Morgan fingerprint density at radius 1 is 1.04 bits per heavy atom. The number of piperidine rings is 1. The third kappa shape index (κ3) is 3.73. The fourth-order valence-corrected chi connectivity index (χ4v) is 6.85. The Balaban J connectivity index is 1.58. The van der Waals surface area contributed by atoms with Crippen LogP contribution in [0.15, 0.2) is 23.1 Å². The Hall–Kier alpha value is -1.41. The summed E-state index contributed by atoms with van der Waals surface area (Å²) in [4.78, 5) is 15.4. The maximum atomic E-state index is 13.2. The largest absolute Gasteiger partial charge is 0.338 e. The maximum Gasteiger partial charge on any atom is 0.253 e. The molecule has 1 saturated carbocycles. The first-order chi connectivity index (χ1) is 13.5. The number of fused-ring (bicyclic) bond motifs is 1. The minimum Gasteiger partial charge on any atom is -0.338 e. The van der Waals surface area contributed by atoms with Crippen LogP contribution in [0.3, 0.4) is 0 Å². The molecule has 2 aliphatic heterocycles. The van der Waals surface area contributed by atoms with Gasteiger partial charge in [0.1, 0.15) is 0 Å². The lowest BCUT2D eigenvalue weighted by molar-refractivity contribution is 0.0520. The molecule has 1 unspecified atom stereocenters. The first-order valence-electron chi connectivity index (χ1n) is 10.5. The second kappa shape index (κ2) is 8.14. The zero-order valence-corrected chi connectivity index (χ0v) is 17.2. The van der Waals surface area contributed by atoms with Crippen molar-refractivity contribution in [2.24, 2.45) is 11.8 Å². The van der Waals surface area contributed by atoms with E-state index in [9.17, 15) is 13.9 Å². The van der Waals surface area contributed by atoms with Crippen molar-refractivity contribution in [3.8, 4) is 0 Å². The molecule has 6 nitrogen and oxygen atoms in total. The number of hydrogen-bond acceptors (Lipinski definition) is 5. The lowest BCUT2D eigenvalue weighted by atomic mass is 9.75. The zero-order valence-electron chi connectivity index (χ0n) is 16.3. The lowest BCUT2D eigenvalue weighted by Gasteiger charge is -2.42. The van der Waals surface area contributed by atoms with Gasteiger partial charge in [-0.2, -0.15) is 0 Å². The van der Waals surface area contributed by atoms with Crippen molar-refractivity contribution in [3.05, 3.63) is 29.3 Å². The summed E-state index contributed by atoms with van der Waals surface area (Å²) in [6.07, 6.45) is 9.17. The molecule has 1 aromatic carbocycles. The summed E-state index contributed by atoms with van der Waals surface area (Å²) in [5.74, 6) is 1.34. The van der Waals surface area contributed by atoms with Crippen LogP contribution in [0.25, 0.3) is 0 Å². The van der Waals surface area contributed by atoms with E-state index in [1.807, 2.05) is 4.90 Å². The van der Waals surface area contributed by atoms with Crippen LogP contribution in [0.5, 0.6) is 0 Å². The molecule has 1 amide bonds. The number of nitrogens with zero attached hydrogens (tertiary/aromatic N) is 2. The minimum absolute atomic E-state index is 0.0292. The van der Waals surface area contributed by atoms with Crippen LogP contribution in [0.1, 0.15) is 60.9 Å². The van der Waals surface area contributed by atoms with E-state index in [0.29, 0.717) is 35.0 Å². The molecule has 3 N–H and O–H groups in total. The van der Waals surface area contributed by atoms with Gasteiger partial charge in [-0.3, -0.25) is 13.9 Å². The van der Waals surface area contributed by atoms with Crippen molar-refractivity contribution >= 4 is 22.9 Å². The molecular formula is C21H31N3O3S. The van der Waals surface area contributed by atoms with Crippen LogP contribution in [-0.2, 0) is 0 Å². The second-order valence-electron chi connectivity index (χ2n) is 8.40.